The topological polar surface area (TPSA) is 66.4 Å². The fraction of sp³-hybridized carbons (Fsp3) is 0.600. The fourth-order valence-electron chi connectivity index (χ4n) is 0.956. The van der Waals surface area contributed by atoms with E-state index in [2.05, 4.69) is 11.3 Å². The Bertz CT molecular complexity index is 397. The molecule has 0 amide bonds. The van der Waals surface area contributed by atoms with E-state index in [1.165, 1.54) is 0 Å². The van der Waals surface area contributed by atoms with Crippen LogP contribution in [-0.4, -0.2) is 29.6 Å². The van der Waals surface area contributed by atoms with Crippen molar-refractivity contribution < 1.29 is 41.4 Å². The number of ether oxygens (including phenoxy) is 1. The minimum Gasteiger partial charge on any atom is -0.550 e. The van der Waals surface area contributed by atoms with Crippen molar-refractivity contribution in [3.63, 3.8) is 0 Å². The van der Waals surface area contributed by atoms with Crippen LogP contribution in [0.4, 0.5) is 22.0 Å². The molecule has 0 unspecified atom stereocenters. The lowest BCUT2D eigenvalue weighted by molar-refractivity contribution is -0.335. The van der Waals surface area contributed by atoms with Crippen molar-refractivity contribution in [1.29, 1.82) is 0 Å². The van der Waals surface area contributed by atoms with E-state index < -0.39 is 41.6 Å². The molecule has 0 aliphatic heterocycles. The lowest BCUT2D eigenvalue weighted by Crippen LogP contribution is -2.55. The maximum Gasteiger partial charge on any atom is 0.457 e. The van der Waals surface area contributed by atoms with Gasteiger partial charge in [-0.05, 0) is 13.8 Å². The summed E-state index contributed by atoms with van der Waals surface area (Å²) in [6, 6.07) is 0. The number of aliphatic carboxylic acids is 1. The van der Waals surface area contributed by atoms with Crippen molar-refractivity contribution in [2.45, 2.75) is 38.0 Å². The van der Waals surface area contributed by atoms with Gasteiger partial charge in [-0.25, -0.2) is 4.79 Å². The SMILES string of the molecule is C=C(CC(=O)[O-])C(=O)OC(C)(C)C(F)(F)C(F)(F)F. The van der Waals surface area contributed by atoms with Gasteiger partial charge >= 0.3 is 18.1 Å². The number of carboxylic acid groups (broad SMARTS) is 1. The van der Waals surface area contributed by atoms with Crippen LogP contribution in [0.2, 0.25) is 0 Å². The number of hydrogen-bond acceptors (Lipinski definition) is 4. The second-order valence-electron chi connectivity index (χ2n) is 4.12. The molecule has 0 saturated carbocycles. The van der Waals surface area contributed by atoms with E-state index in [1.807, 2.05) is 0 Å². The van der Waals surface area contributed by atoms with Crippen LogP contribution in [0.25, 0.3) is 0 Å². The third-order valence-corrected chi connectivity index (χ3v) is 2.11. The molecule has 0 spiro atoms. The summed E-state index contributed by atoms with van der Waals surface area (Å²) >= 11 is 0. The van der Waals surface area contributed by atoms with Crippen LogP contribution in [0.1, 0.15) is 20.3 Å². The average molecular weight is 289 g/mol. The zero-order valence-corrected chi connectivity index (χ0v) is 9.94. The summed E-state index contributed by atoms with van der Waals surface area (Å²) in [6.45, 7) is 3.61. The Hall–Kier alpha value is -1.67. The molecule has 0 bridgehead atoms. The van der Waals surface area contributed by atoms with E-state index in [9.17, 15) is 36.6 Å². The second kappa shape index (κ2) is 5.14. The molecule has 9 heteroatoms. The van der Waals surface area contributed by atoms with Crippen molar-refractivity contribution in [2.24, 2.45) is 0 Å². The number of carbonyl (C=O) groups excluding carboxylic acids is 2. The van der Waals surface area contributed by atoms with Crippen LogP contribution in [0.3, 0.4) is 0 Å². The normalized spacial score (nSPS) is 13.0. The Balaban J connectivity index is 5.02. The van der Waals surface area contributed by atoms with Crippen LogP contribution >= 0.6 is 0 Å². The predicted octanol–water partition coefficient (Wildman–Crippen LogP) is 1.20. The zero-order chi connectivity index (χ0) is 15.6. The molecule has 0 saturated heterocycles. The first kappa shape index (κ1) is 17.3. The van der Waals surface area contributed by atoms with Gasteiger partial charge in [-0.2, -0.15) is 22.0 Å². The molecule has 0 rings (SSSR count). The lowest BCUT2D eigenvalue weighted by atomic mass is 9.99. The Labute approximate surface area is 104 Å². The maximum atomic E-state index is 13.0. The van der Waals surface area contributed by atoms with Crippen molar-refractivity contribution in [3.05, 3.63) is 12.2 Å². The van der Waals surface area contributed by atoms with Crippen molar-refractivity contribution >= 4 is 11.9 Å². The van der Waals surface area contributed by atoms with Crippen LogP contribution in [-0.2, 0) is 14.3 Å². The molecule has 110 valence electrons. The molecule has 4 nitrogen and oxygen atoms in total. The van der Waals surface area contributed by atoms with Gasteiger partial charge in [0.25, 0.3) is 0 Å². The van der Waals surface area contributed by atoms with Crippen molar-refractivity contribution in [2.75, 3.05) is 0 Å². The highest BCUT2D eigenvalue weighted by molar-refractivity contribution is 5.92. The number of carbonyl (C=O) groups is 2. The van der Waals surface area contributed by atoms with Gasteiger partial charge in [0, 0.05) is 18.0 Å². The van der Waals surface area contributed by atoms with Crippen LogP contribution in [0.15, 0.2) is 12.2 Å². The van der Waals surface area contributed by atoms with Gasteiger partial charge in [0.2, 0.25) is 0 Å². The molecular formula is C10H10F5O4-. The Kier molecular flexibility index (Phi) is 4.69. The second-order valence-corrected chi connectivity index (χ2v) is 4.12. The smallest absolute Gasteiger partial charge is 0.457 e. The number of rotatable bonds is 5. The van der Waals surface area contributed by atoms with Crippen LogP contribution < -0.4 is 5.11 Å². The summed E-state index contributed by atoms with van der Waals surface area (Å²) in [5.74, 6) is -8.72. The first-order chi connectivity index (χ1) is 8.22. The quantitative estimate of drug-likeness (QED) is 0.433. The van der Waals surface area contributed by atoms with Gasteiger partial charge in [-0.15, -0.1) is 0 Å². The summed E-state index contributed by atoms with van der Waals surface area (Å²) in [4.78, 5) is 21.3. The van der Waals surface area contributed by atoms with Gasteiger partial charge < -0.3 is 14.6 Å². The number of alkyl halides is 5. The summed E-state index contributed by atoms with van der Waals surface area (Å²) < 4.78 is 66.4. The molecule has 19 heavy (non-hydrogen) atoms. The monoisotopic (exact) mass is 289 g/mol. The van der Waals surface area contributed by atoms with E-state index in [0.717, 1.165) is 0 Å². The number of esters is 1. The summed E-state index contributed by atoms with van der Waals surface area (Å²) in [5.41, 5.74) is -4.01. The highest BCUT2D eigenvalue weighted by Gasteiger charge is 2.68. The van der Waals surface area contributed by atoms with Gasteiger partial charge in [0.15, 0.2) is 5.60 Å². The molecule has 0 heterocycles. The van der Waals surface area contributed by atoms with E-state index >= 15 is 0 Å². The number of halogens is 5. The molecule has 0 aliphatic rings. The molecule has 0 N–H and O–H groups in total. The average Bonchev–Trinajstić information content (AvgIpc) is 2.13. The number of carboxylic acids is 1. The molecular weight excluding hydrogens is 279 g/mol. The third kappa shape index (κ3) is 3.90. The summed E-state index contributed by atoms with van der Waals surface area (Å²) in [6.07, 6.45) is -6.96. The van der Waals surface area contributed by atoms with Crippen LogP contribution in [0, 0.1) is 0 Å². The van der Waals surface area contributed by atoms with Crippen molar-refractivity contribution in [1.82, 2.24) is 0 Å². The highest BCUT2D eigenvalue weighted by atomic mass is 19.4. The Morgan fingerprint density at radius 3 is 1.89 bits per heavy atom. The Morgan fingerprint density at radius 1 is 1.16 bits per heavy atom. The molecule has 0 aromatic rings. The van der Waals surface area contributed by atoms with Gasteiger partial charge in [0.1, 0.15) is 0 Å². The zero-order valence-electron chi connectivity index (χ0n) is 9.94. The fourth-order valence-corrected chi connectivity index (χ4v) is 0.956. The summed E-state index contributed by atoms with van der Waals surface area (Å²) in [5, 5.41) is 10.1. The highest BCUT2D eigenvalue weighted by Crippen LogP contribution is 2.45. The van der Waals surface area contributed by atoms with E-state index in [4.69, 9.17) is 0 Å². The minimum absolute atomic E-state index is 0.352. The largest absolute Gasteiger partial charge is 0.550 e. The maximum absolute atomic E-state index is 13.0. The molecule has 0 aromatic carbocycles. The molecule has 0 aromatic heterocycles. The van der Waals surface area contributed by atoms with E-state index in [1.54, 1.807) is 0 Å². The van der Waals surface area contributed by atoms with Gasteiger partial charge in [0.05, 0.1) is 0 Å². The number of hydrogen-bond donors (Lipinski definition) is 0. The standard InChI is InChI=1S/C10H11F5O4/c1-5(4-6(16)17)7(18)19-8(2,3)9(11,12)10(13,14)15/h1,4H2,2-3H3,(H,16,17)/p-1. The first-order valence-corrected chi connectivity index (χ1v) is 4.78. The Morgan fingerprint density at radius 2 is 1.58 bits per heavy atom. The lowest BCUT2D eigenvalue weighted by Gasteiger charge is -2.34. The third-order valence-electron chi connectivity index (χ3n) is 2.11. The van der Waals surface area contributed by atoms with E-state index in [0.29, 0.717) is 13.8 Å². The molecule has 0 atom stereocenters. The predicted molar refractivity (Wildman–Crippen MR) is 49.9 cm³/mol. The van der Waals surface area contributed by atoms with Gasteiger partial charge in [-0.1, -0.05) is 6.58 Å². The van der Waals surface area contributed by atoms with Crippen LogP contribution in [0.5, 0.6) is 0 Å². The molecule has 0 fully saturated rings. The minimum atomic E-state index is -5.92. The van der Waals surface area contributed by atoms with Crippen molar-refractivity contribution in [3.8, 4) is 0 Å². The molecule has 0 aliphatic carbocycles. The van der Waals surface area contributed by atoms with Gasteiger partial charge in [-0.3, -0.25) is 0 Å². The summed E-state index contributed by atoms with van der Waals surface area (Å²) in [7, 11) is 0. The molecule has 0 radical (unpaired) electrons. The van der Waals surface area contributed by atoms with E-state index in [-0.39, 0.29) is 0 Å². The first-order valence-electron chi connectivity index (χ1n) is 4.78.